The molecule has 0 fully saturated rings. The molecule has 1 N–H and O–H groups in total. The summed E-state index contributed by atoms with van der Waals surface area (Å²) in [4.78, 5) is 22.2. The number of nitrogens with one attached hydrogen (secondary N) is 1. The van der Waals surface area contributed by atoms with Crippen molar-refractivity contribution in [1.29, 1.82) is 0 Å². The molecule has 0 aliphatic rings. The predicted molar refractivity (Wildman–Crippen MR) is 124 cm³/mol. The maximum absolute atomic E-state index is 12.5. The lowest BCUT2D eigenvalue weighted by Crippen LogP contribution is -2.11. The van der Waals surface area contributed by atoms with Gasteiger partial charge in [-0.2, -0.15) is 0 Å². The molecule has 156 valence electrons. The van der Waals surface area contributed by atoms with Crippen LogP contribution in [0.2, 0.25) is 0 Å². The molecule has 30 heavy (non-hydrogen) atoms. The van der Waals surface area contributed by atoms with Gasteiger partial charge in [0.1, 0.15) is 0 Å². The number of anilines is 1. The van der Waals surface area contributed by atoms with Crippen molar-refractivity contribution in [2.75, 3.05) is 5.32 Å². The van der Waals surface area contributed by atoms with E-state index in [9.17, 15) is 4.79 Å². The summed E-state index contributed by atoms with van der Waals surface area (Å²) in [7, 11) is 0. The summed E-state index contributed by atoms with van der Waals surface area (Å²) in [5, 5.41) is 3.68. The molecule has 0 atom stereocenters. The Morgan fingerprint density at radius 1 is 0.933 bits per heavy atom. The Bertz CT molecular complexity index is 939. The fraction of sp³-hybridized carbons (Fsp3) is 0.320. The van der Waals surface area contributed by atoms with Gasteiger partial charge in [-0.1, -0.05) is 44.7 Å². The van der Waals surface area contributed by atoms with E-state index in [4.69, 9.17) is 0 Å². The number of amides is 1. The fourth-order valence-electron chi connectivity index (χ4n) is 3.15. The third kappa shape index (κ3) is 6.99. The topological polar surface area (TPSA) is 54.9 Å². The van der Waals surface area contributed by atoms with Crippen LogP contribution in [0.3, 0.4) is 0 Å². The molecular weight excluding hydrogens is 390 g/mol. The molecule has 0 bridgehead atoms. The molecule has 1 aromatic heterocycles. The summed E-state index contributed by atoms with van der Waals surface area (Å²) in [6, 6.07) is 17.6. The van der Waals surface area contributed by atoms with Gasteiger partial charge in [0, 0.05) is 28.0 Å². The normalized spacial score (nSPS) is 10.7. The lowest BCUT2D eigenvalue weighted by atomic mass is 10.0. The first kappa shape index (κ1) is 22.0. The summed E-state index contributed by atoms with van der Waals surface area (Å²) >= 11 is 1.50. The van der Waals surface area contributed by atoms with Crippen molar-refractivity contribution < 1.29 is 4.79 Å². The third-order valence-electron chi connectivity index (χ3n) is 4.88. The van der Waals surface area contributed by atoms with Crippen LogP contribution in [0.1, 0.15) is 60.6 Å². The molecule has 1 amide bonds. The Labute approximate surface area is 183 Å². The van der Waals surface area contributed by atoms with Gasteiger partial charge in [-0.15, -0.1) is 0 Å². The number of aromatic nitrogens is 2. The van der Waals surface area contributed by atoms with Gasteiger partial charge < -0.3 is 5.32 Å². The summed E-state index contributed by atoms with van der Waals surface area (Å²) in [6.07, 6.45) is 9.23. The molecule has 0 aliphatic carbocycles. The van der Waals surface area contributed by atoms with Gasteiger partial charge in [0.25, 0.3) is 5.91 Å². The summed E-state index contributed by atoms with van der Waals surface area (Å²) < 4.78 is 0. The van der Waals surface area contributed by atoms with E-state index in [2.05, 4.69) is 34.3 Å². The Morgan fingerprint density at radius 2 is 1.67 bits per heavy atom. The van der Waals surface area contributed by atoms with Crippen molar-refractivity contribution in [2.45, 2.75) is 62.4 Å². The predicted octanol–water partition coefficient (Wildman–Crippen LogP) is 6.70. The second kappa shape index (κ2) is 11.5. The number of benzene rings is 2. The van der Waals surface area contributed by atoms with E-state index in [0.29, 0.717) is 5.56 Å². The van der Waals surface area contributed by atoms with Crippen molar-refractivity contribution in [3.63, 3.8) is 0 Å². The highest BCUT2D eigenvalue weighted by atomic mass is 32.2. The number of rotatable bonds is 10. The van der Waals surface area contributed by atoms with Gasteiger partial charge in [-0.25, -0.2) is 9.97 Å². The quantitative estimate of drug-likeness (QED) is 0.293. The molecule has 0 radical (unpaired) electrons. The fourth-order valence-corrected chi connectivity index (χ4v) is 3.93. The zero-order valence-corrected chi connectivity index (χ0v) is 18.5. The van der Waals surface area contributed by atoms with Crippen LogP contribution >= 0.6 is 11.8 Å². The Balaban J connectivity index is 1.50. The van der Waals surface area contributed by atoms with Gasteiger partial charge >= 0.3 is 0 Å². The second-order valence-electron chi connectivity index (χ2n) is 7.42. The summed E-state index contributed by atoms with van der Waals surface area (Å²) in [5.41, 5.74) is 3.69. The lowest BCUT2D eigenvalue weighted by molar-refractivity contribution is 0.102. The van der Waals surface area contributed by atoms with Gasteiger partial charge in [0.15, 0.2) is 5.16 Å². The molecule has 0 unspecified atom stereocenters. The lowest BCUT2D eigenvalue weighted by Gasteiger charge is -2.08. The Morgan fingerprint density at radius 3 is 2.37 bits per heavy atom. The van der Waals surface area contributed by atoms with Crippen LogP contribution in [0.25, 0.3) is 0 Å². The maximum atomic E-state index is 12.5. The molecule has 5 heteroatoms. The smallest absolute Gasteiger partial charge is 0.255 e. The van der Waals surface area contributed by atoms with Crippen LogP contribution in [-0.4, -0.2) is 15.9 Å². The highest BCUT2D eigenvalue weighted by Crippen LogP contribution is 2.26. The highest BCUT2D eigenvalue weighted by Gasteiger charge is 2.07. The van der Waals surface area contributed by atoms with Gasteiger partial charge in [-0.05, 0) is 79.6 Å². The minimum absolute atomic E-state index is 0.0908. The Kier molecular flexibility index (Phi) is 8.45. The zero-order chi connectivity index (χ0) is 21.2. The van der Waals surface area contributed by atoms with Crippen LogP contribution in [0.4, 0.5) is 5.69 Å². The van der Waals surface area contributed by atoms with Gasteiger partial charge in [-0.3, -0.25) is 4.79 Å². The largest absolute Gasteiger partial charge is 0.322 e. The zero-order valence-electron chi connectivity index (χ0n) is 17.7. The average Bonchev–Trinajstić information content (AvgIpc) is 2.75. The highest BCUT2D eigenvalue weighted by molar-refractivity contribution is 7.99. The van der Waals surface area contributed by atoms with Crippen molar-refractivity contribution in [1.82, 2.24) is 9.97 Å². The minimum Gasteiger partial charge on any atom is -0.322 e. The first-order valence-electron chi connectivity index (χ1n) is 10.6. The standard InChI is InChI=1S/C25H29N3OS/c1-3-4-5-6-7-8-20-9-11-21(12-10-20)24(29)28-22-13-15-23(16-14-22)30-25-26-18-17-19(2)27-25/h9-18H,3-8H2,1-2H3,(H,28,29). The van der Waals surface area contributed by atoms with Crippen molar-refractivity contribution >= 4 is 23.4 Å². The van der Waals surface area contributed by atoms with Crippen LogP contribution in [0.15, 0.2) is 70.8 Å². The van der Waals surface area contributed by atoms with E-state index in [1.807, 2.05) is 49.4 Å². The van der Waals surface area contributed by atoms with E-state index in [1.165, 1.54) is 49.4 Å². The molecular formula is C25H29N3OS. The number of hydrogen-bond acceptors (Lipinski definition) is 4. The number of aryl methyl sites for hydroxylation is 2. The van der Waals surface area contributed by atoms with E-state index in [1.54, 1.807) is 6.20 Å². The molecule has 2 aromatic carbocycles. The van der Waals surface area contributed by atoms with Gasteiger partial charge in [0.2, 0.25) is 0 Å². The molecule has 0 spiro atoms. The average molecular weight is 420 g/mol. The number of hydrogen-bond donors (Lipinski definition) is 1. The van der Waals surface area contributed by atoms with E-state index >= 15 is 0 Å². The van der Waals surface area contributed by atoms with Crippen LogP contribution in [0.5, 0.6) is 0 Å². The second-order valence-corrected chi connectivity index (χ2v) is 8.46. The molecule has 3 aromatic rings. The van der Waals surface area contributed by atoms with Crippen LogP contribution < -0.4 is 5.32 Å². The summed E-state index contributed by atoms with van der Waals surface area (Å²) in [5.74, 6) is -0.0908. The van der Waals surface area contributed by atoms with E-state index < -0.39 is 0 Å². The number of carbonyl (C=O) groups excluding carboxylic acids is 1. The first-order valence-corrected chi connectivity index (χ1v) is 11.4. The molecule has 1 heterocycles. The first-order chi connectivity index (χ1) is 14.6. The van der Waals surface area contributed by atoms with E-state index in [0.717, 1.165) is 27.9 Å². The van der Waals surface area contributed by atoms with Crippen LogP contribution in [-0.2, 0) is 6.42 Å². The van der Waals surface area contributed by atoms with Crippen LogP contribution in [0, 0.1) is 6.92 Å². The number of carbonyl (C=O) groups is 1. The maximum Gasteiger partial charge on any atom is 0.255 e. The van der Waals surface area contributed by atoms with Crippen molar-refractivity contribution in [3.8, 4) is 0 Å². The van der Waals surface area contributed by atoms with Gasteiger partial charge in [0.05, 0.1) is 0 Å². The Hall–Kier alpha value is -2.66. The monoisotopic (exact) mass is 419 g/mol. The summed E-state index contributed by atoms with van der Waals surface area (Å²) in [6.45, 7) is 4.18. The number of unbranched alkanes of at least 4 members (excludes halogenated alkanes) is 4. The third-order valence-corrected chi connectivity index (χ3v) is 5.77. The molecule has 0 saturated carbocycles. The SMILES string of the molecule is CCCCCCCc1ccc(C(=O)Nc2ccc(Sc3nccc(C)n3)cc2)cc1. The minimum atomic E-state index is -0.0908. The number of nitrogens with zero attached hydrogens (tertiary/aromatic N) is 2. The molecule has 0 saturated heterocycles. The van der Waals surface area contributed by atoms with Crippen molar-refractivity contribution in [3.05, 3.63) is 77.6 Å². The molecule has 4 nitrogen and oxygen atoms in total. The molecule has 0 aliphatic heterocycles. The molecule has 3 rings (SSSR count). The van der Waals surface area contributed by atoms with Crippen molar-refractivity contribution in [2.24, 2.45) is 0 Å². The van der Waals surface area contributed by atoms with E-state index in [-0.39, 0.29) is 5.91 Å².